The van der Waals surface area contributed by atoms with Crippen LogP contribution in [-0.2, 0) is 0 Å². The largest absolute Gasteiger partial charge is 0.435 e. The molecule has 118 valence electrons. The molecule has 0 bridgehead atoms. The molecule has 0 N–H and O–H groups in total. The monoisotopic (exact) mass is 335 g/mol. The molecule has 2 heterocycles. The summed E-state index contributed by atoms with van der Waals surface area (Å²) in [5.41, 5.74) is 2.96. The van der Waals surface area contributed by atoms with E-state index in [-0.39, 0.29) is 5.75 Å². The molecule has 0 radical (unpaired) electrons. The van der Waals surface area contributed by atoms with E-state index in [4.69, 9.17) is 11.6 Å². The lowest BCUT2D eigenvalue weighted by Gasteiger charge is -2.06. The third-order valence-corrected chi connectivity index (χ3v) is 4.27. The van der Waals surface area contributed by atoms with Crippen LogP contribution in [0, 0.1) is 0 Å². The second kappa shape index (κ2) is 5.45. The zero-order chi connectivity index (χ0) is 16.0. The van der Waals surface area contributed by atoms with Crippen molar-refractivity contribution in [2.24, 2.45) is 0 Å². The second-order valence-electron chi connectivity index (χ2n) is 5.51. The van der Waals surface area contributed by atoms with Crippen molar-refractivity contribution in [1.82, 2.24) is 14.6 Å². The predicted molar refractivity (Wildman–Crippen MR) is 81.2 cm³/mol. The number of benzene rings is 1. The highest BCUT2D eigenvalue weighted by molar-refractivity contribution is 6.29. The third-order valence-electron chi connectivity index (χ3n) is 4.08. The molecule has 1 aromatic carbocycles. The van der Waals surface area contributed by atoms with Crippen molar-refractivity contribution in [3.8, 4) is 5.75 Å². The number of fused-ring (bicyclic) bond motifs is 1. The first kappa shape index (κ1) is 14.4. The zero-order valence-corrected chi connectivity index (χ0v) is 12.6. The molecule has 7 heteroatoms. The molecule has 0 spiro atoms. The van der Waals surface area contributed by atoms with Gasteiger partial charge in [-0.15, -0.1) is 0 Å². The van der Waals surface area contributed by atoms with Crippen LogP contribution >= 0.6 is 11.6 Å². The molecule has 23 heavy (non-hydrogen) atoms. The Bertz CT molecular complexity index is 850. The van der Waals surface area contributed by atoms with E-state index < -0.39 is 6.61 Å². The Hall–Kier alpha value is -2.21. The number of rotatable bonds is 4. The van der Waals surface area contributed by atoms with E-state index in [1.807, 2.05) is 18.2 Å². The van der Waals surface area contributed by atoms with Gasteiger partial charge >= 0.3 is 6.61 Å². The van der Waals surface area contributed by atoms with Crippen molar-refractivity contribution in [2.45, 2.75) is 24.9 Å². The van der Waals surface area contributed by atoms with Crippen LogP contribution in [0.2, 0.25) is 5.15 Å². The van der Waals surface area contributed by atoms with E-state index >= 15 is 0 Å². The maximum atomic E-state index is 12.2. The fraction of sp³-hybridized carbons (Fsp3) is 0.250. The molecule has 0 aliphatic heterocycles. The summed E-state index contributed by atoms with van der Waals surface area (Å²) in [7, 11) is 0. The van der Waals surface area contributed by atoms with Crippen molar-refractivity contribution < 1.29 is 13.5 Å². The highest BCUT2D eigenvalue weighted by atomic mass is 35.5. The summed E-state index contributed by atoms with van der Waals surface area (Å²) in [6.45, 7) is -2.80. The van der Waals surface area contributed by atoms with Gasteiger partial charge in [0, 0.05) is 18.0 Å². The molecule has 4 nitrogen and oxygen atoms in total. The molecule has 0 saturated heterocycles. The summed E-state index contributed by atoms with van der Waals surface area (Å²) in [6.07, 6.45) is 4.42. The molecule has 1 aliphatic rings. The normalized spacial score (nSPS) is 20.2. The first-order valence-corrected chi connectivity index (χ1v) is 7.54. The first-order valence-electron chi connectivity index (χ1n) is 7.16. The standard InChI is InChI=1S/C16H12ClF2N3O/c17-14-8-13(15-20-5-6-22(15)21-14)12-7-11(12)9-1-3-10(4-2-9)23-16(18)19/h1-6,8,11-12,16H,7H2/t11-,12+/m1/s1. The smallest absolute Gasteiger partial charge is 0.387 e. The van der Waals surface area contributed by atoms with E-state index in [1.54, 1.807) is 29.0 Å². The first-order chi connectivity index (χ1) is 11.1. The van der Waals surface area contributed by atoms with E-state index in [1.165, 1.54) is 0 Å². The molecule has 0 amide bonds. The molecule has 1 aliphatic carbocycles. The highest BCUT2D eigenvalue weighted by Crippen LogP contribution is 2.55. The van der Waals surface area contributed by atoms with Gasteiger partial charge in [-0.25, -0.2) is 9.50 Å². The van der Waals surface area contributed by atoms with Crippen LogP contribution in [-0.4, -0.2) is 21.2 Å². The van der Waals surface area contributed by atoms with Crippen molar-refractivity contribution in [1.29, 1.82) is 0 Å². The summed E-state index contributed by atoms with van der Waals surface area (Å²) in [4.78, 5) is 4.33. The number of ether oxygens (including phenoxy) is 1. The van der Waals surface area contributed by atoms with Crippen LogP contribution in [0.1, 0.15) is 29.4 Å². The number of nitrogens with zero attached hydrogens (tertiary/aromatic N) is 3. The Kier molecular flexibility index (Phi) is 3.41. The second-order valence-corrected chi connectivity index (χ2v) is 5.90. The predicted octanol–water partition coefficient (Wildman–Crippen LogP) is 4.26. The summed E-state index contributed by atoms with van der Waals surface area (Å²) >= 11 is 6.07. The zero-order valence-electron chi connectivity index (χ0n) is 11.9. The van der Waals surface area contributed by atoms with E-state index in [0.29, 0.717) is 17.0 Å². The maximum Gasteiger partial charge on any atom is 0.387 e. The van der Waals surface area contributed by atoms with Crippen LogP contribution in [0.3, 0.4) is 0 Å². The molecule has 2 aromatic heterocycles. The van der Waals surface area contributed by atoms with Gasteiger partial charge in [0.25, 0.3) is 0 Å². The SMILES string of the molecule is FC(F)Oc1ccc([C@H]2C[C@@H]2c2cc(Cl)nn3ccnc23)cc1. The summed E-state index contributed by atoms with van der Waals surface area (Å²) < 4.78 is 30.4. The van der Waals surface area contributed by atoms with Gasteiger partial charge in [0.1, 0.15) is 10.9 Å². The van der Waals surface area contributed by atoms with Gasteiger partial charge in [-0.1, -0.05) is 23.7 Å². The van der Waals surface area contributed by atoms with Gasteiger partial charge < -0.3 is 4.74 Å². The summed E-state index contributed by atoms with van der Waals surface area (Å²) in [6, 6.07) is 8.65. The third kappa shape index (κ3) is 2.74. The number of aromatic nitrogens is 3. The quantitative estimate of drug-likeness (QED) is 0.715. The van der Waals surface area contributed by atoms with Gasteiger partial charge in [-0.3, -0.25) is 0 Å². The number of hydrogen-bond donors (Lipinski definition) is 0. The van der Waals surface area contributed by atoms with Gasteiger partial charge in [0.15, 0.2) is 5.65 Å². The lowest BCUT2D eigenvalue weighted by molar-refractivity contribution is -0.0498. The Morgan fingerprint density at radius 3 is 2.74 bits per heavy atom. The minimum absolute atomic E-state index is 0.170. The topological polar surface area (TPSA) is 39.4 Å². The molecule has 0 unspecified atom stereocenters. The number of alkyl halides is 2. The molecule has 3 aromatic rings. The number of imidazole rings is 1. The minimum Gasteiger partial charge on any atom is -0.435 e. The summed E-state index contributed by atoms with van der Waals surface area (Å²) in [5, 5.41) is 4.60. The number of hydrogen-bond acceptors (Lipinski definition) is 3. The highest BCUT2D eigenvalue weighted by Gasteiger charge is 2.41. The van der Waals surface area contributed by atoms with Gasteiger partial charge in [-0.2, -0.15) is 13.9 Å². The molecule has 1 fully saturated rings. The molecule has 2 atom stereocenters. The molecule has 1 saturated carbocycles. The maximum absolute atomic E-state index is 12.2. The van der Waals surface area contributed by atoms with E-state index in [0.717, 1.165) is 23.2 Å². The lowest BCUT2D eigenvalue weighted by atomic mass is 10.1. The fourth-order valence-corrected chi connectivity index (χ4v) is 3.18. The molecular formula is C16H12ClF2N3O. The van der Waals surface area contributed by atoms with Crippen molar-refractivity contribution in [3.63, 3.8) is 0 Å². The fourth-order valence-electron chi connectivity index (χ4n) is 2.99. The minimum atomic E-state index is -2.80. The molecular weight excluding hydrogens is 324 g/mol. The van der Waals surface area contributed by atoms with E-state index in [9.17, 15) is 8.78 Å². The molecule has 4 rings (SSSR count). The van der Waals surface area contributed by atoms with E-state index in [2.05, 4.69) is 14.8 Å². The van der Waals surface area contributed by atoms with Crippen molar-refractivity contribution in [3.05, 3.63) is 59.0 Å². The Morgan fingerprint density at radius 2 is 2.00 bits per heavy atom. The Balaban J connectivity index is 1.58. The van der Waals surface area contributed by atoms with Crippen LogP contribution in [0.15, 0.2) is 42.7 Å². The van der Waals surface area contributed by atoms with Crippen molar-refractivity contribution in [2.75, 3.05) is 0 Å². The van der Waals surface area contributed by atoms with Gasteiger partial charge in [0.05, 0.1) is 0 Å². The average Bonchev–Trinajstić information content (AvgIpc) is 3.16. The Labute approximate surface area is 135 Å². The van der Waals surface area contributed by atoms with Crippen LogP contribution in [0.4, 0.5) is 8.78 Å². The van der Waals surface area contributed by atoms with Crippen LogP contribution in [0.5, 0.6) is 5.75 Å². The van der Waals surface area contributed by atoms with Gasteiger partial charge in [-0.05, 0) is 42.0 Å². The van der Waals surface area contributed by atoms with Gasteiger partial charge in [0.2, 0.25) is 0 Å². The Morgan fingerprint density at radius 1 is 1.22 bits per heavy atom. The van der Waals surface area contributed by atoms with Crippen LogP contribution in [0.25, 0.3) is 5.65 Å². The van der Waals surface area contributed by atoms with Crippen molar-refractivity contribution >= 4 is 17.2 Å². The lowest BCUT2D eigenvalue weighted by Crippen LogP contribution is -2.01. The van der Waals surface area contributed by atoms with Crippen LogP contribution < -0.4 is 4.74 Å². The average molecular weight is 336 g/mol. The number of halogens is 3. The summed E-state index contributed by atoms with van der Waals surface area (Å²) in [5.74, 6) is 0.806.